The zero-order valence-corrected chi connectivity index (χ0v) is 14.8. The fourth-order valence-electron chi connectivity index (χ4n) is 3.40. The topological polar surface area (TPSA) is 88.3 Å². The average Bonchev–Trinajstić information content (AvgIpc) is 3.14. The molecule has 1 aliphatic rings. The van der Waals surface area contributed by atoms with E-state index in [1.54, 1.807) is 12.1 Å². The smallest absolute Gasteiger partial charge is 0.326 e. The van der Waals surface area contributed by atoms with Gasteiger partial charge in [-0.25, -0.2) is 13.9 Å². The number of halogens is 1. The van der Waals surface area contributed by atoms with Gasteiger partial charge in [0.25, 0.3) is 5.91 Å². The van der Waals surface area contributed by atoms with E-state index < -0.39 is 17.9 Å². The van der Waals surface area contributed by atoms with Crippen LogP contribution in [0.3, 0.4) is 0 Å². The van der Waals surface area contributed by atoms with E-state index in [0.29, 0.717) is 5.56 Å². The lowest BCUT2D eigenvalue weighted by Crippen LogP contribution is -2.48. The Morgan fingerprint density at radius 1 is 1.14 bits per heavy atom. The van der Waals surface area contributed by atoms with Gasteiger partial charge in [0.1, 0.15) is 11.9 Å². The summed E-state index contributed by atoms with van der Waals surface area (Å²) in [5.74, 6) is -1.91. The fourth-order valence-corrected chi connectivity index (χ4v) is 3.40. The summed E-state index contributed by atoms with van der Waals surface area (Å²) >= 11 is 0. The Labute approximate surface area is 160 Å². The third-order valence-corrected chi connectivity index (χ3v) is 4.79. The average molecular weight is 380 g/mol. The summed E-state index contributed by atoms with van der Waals surface area (Å²) < 4.78 is 14.8. The van der Waals surface area contributed by atoms with Gasteiger partial charge in [0, 0.05) is 13.0 Å². The van der Waals surface area contributed by atoms with Gasteiger partial charge in [-0.2, -0.15) is 0 Å². The maximum Gasteiger partial charge on any atom is 0.326 e. The molecular weight excluding hydrogens is 363 g/mol. The molecule has 0 bridgehead atoms. The number of carboxylic acid groups (broad SMARTS) is 1. The number of fused-ring (bicyclic) bond motifs is 1. The molecule has 1 aromatic heterocycles. The second kappa shape index (κ2) is 7.22. The first-order valence-electron chi connectivity index (χ1n) is 8.76. The zero-order valence-electron chi connectivity index (χ0n) is 14.8. The minimum atomic E-state index is -1.06. The molecule has 28 heavy (non-hydrogen) atoms. The fraction of sp³-hybridized carbons (Fsp3) is 0.200. The van der Waals surface area contributed by atoms with Crippen LogP contribution in [0.25, 0.3) is 0 Å². The predicted octanol–water partition coefficient (Wildman–Crippen LogP) is 2.12. The van der Waals surface area contributed by atoms with Crippen molar-refractivity contribution in [2.75, 3.05) is 0 Å². The van der Waals surface area contributed by atoms with Gasteiger partial charge in [0.2, 0.25) is 0 Å². The van der Waals surface area contributed by atoms with Crippen LogP contribution in [-0.2, 0) is 24.3 Å². The molecular formula is C20H17FN4O3. The van der Waals surface area contributed by atoms with Gasteiger partial charge in [0.05, 0.1) is 12.7 Å². The van der Waals surface area contributed by atoms with Gasteiger partial charge in [-0.1, -0.05) is 41.6 Å². The third-order valence-electron chi connectivity index (χ3n) is 4.79. The highest BCUT2D eigenvalue weighted by molar-refractivity contribution is 5.95. The molecule has 0 spiro atoms. The van der Waals surface area contributed by atoms with E-state index in [0.717, 1.165) is 11.1 Å². The van der Waals surface area contributed by atoms with E-state index in [1.807, 2.05) is 24.3 Å². The Morgan fingerprint density at radius 2 is 1.93 bits per heavy atom. The first kappa shape index (κ1) is 17.8. The number of aliphatic carboxylic acids is 1. The molecule has 2 heterocycles. The maximum absolute atomic E-state index is 13.3. The summed E-state index contributed by atoms with van der Waals surface area (Å²) in [6.45, 7) is 0.450. The van der Waals surface area contributed by atoms with Crippen molar-refractivity contribution in [3.05, 3.63) is 82.9 Å². The number of carbonyl (C=O) groups excluding carboxylic acids is 1. The van der Waals surface area contributed by atoms with Crippen LogP contribution in [0.15, 0.2) is 54.7 Å². The van der Waals surface area contributed by atoms with Gasteiger partial charge < -0.3 is 10.0 Å². The molecule has 1 atom stereocenters. The van der Waals surface area contributed by atoms with Crippen molar-refractivity contribution in [3.8, 4) is 0 Å². The van der Waals surface area contributed by atoms with Gasteiger partial charge in [-0.15, -0.1) is 5.10 Å². The summed E-state index contributed by atoms with van der Waals surface area (Å²) in [5, 5.41) is 17.4. The number of carbonyl (C=O) groups is 2. The number of hydrogen-bond acceptors (Lipinski definition) is 4. The van der Waals surface area contributed by atoms with Gasteiger partial charge >= 0.3 is 5.97 Å². The number of aromatic nitrogens is 3. The quantitative estimate of drug-likeness (QED) is 0.749. The number of amides is 1. The van der Waals surface area contributed by atoms with Crippen LogP contribution in [0, 0.1) is 5.82 Å². The second-order valence-corrected chi connectivity index (χ2v) is 6.69. The molecule has 0 unspecified atom stereocenters. The van der Waals surface area contributed by atoms with E-state index in [1.165, 1.54) is 27.9 Å². The number of benzene rings is 2. The summed E-state index contributed by atoms with van der Waals surface area (Å²) in [5.41, 5.74) is 2.58. The molecule has 0 aliphatic carbocycles. The molecule has 1 aliphatic heterocycles. The van der Waals surface area contributed by atoms with Crippen molar-refractivity contribution in [2.45, 2.75) is 25.6 Å². The number of rotatable bonds is 4. The van der Waals surface area contributed by atoms with E-state index in [-0.39, 0.29) is 31.0 Å². The molecule has 4 rings (SSSR count). The highest BCUT2D eigenvalue weighted by atomic mass is 19.1. The minimum absolute atomic E-state index is 0.0574. The van der Waals surface area contributed by atoms with Crippen molar-refractivity contribution in [1.29, 1.82) is 0 Å². The van der Waals surface area contributed by atoms with E-state index in [9.17, 15) is 19.1 Å². The molecule has 142 valence electrons. The van der Waals surface area contributed by atoms with Crippen LogP contribution in [0.4, 0.5) is 4.39 Å². The molecule has 1 amide bonds. The van der Waals surface area contributed by atoms with Crippen LogP contribution < -0.4 is 0 Å². The highest BCUT2D eigenvalue weighted by Gasteiger charge is 2.35. The van der Waals surface area contributed by atoms with E-state index >= 15 is 0 Å². The van der Waals surface area contributed by atoms with E-state index in [4.69, 9.17) is 0 Å². The molecule has 0 fully saturated rings. The second-order valence-electron chi connectivity index (χ2n) is 6.69. The zero-order chi connectivity index (χ0) is 19.7. The van der Waals surface area contributed by atoms with Gasteiger partial charge in [-0.3, -0.25) is 4.79 Å². The van der Waals surface area contributed by atoms with Gasteiger partial charge in [-0.05, 0) is 28.8 Å². The predicted molar refractivity (Wildman–Crippen MR) is 97.0 cm³/mol. The Hall–Kier alpha value is -3.55. The van der Waals surface area contributed by atoms with Crippen molar-refractivity contribution < 1.29 is 19.1 Å². The third kappa shape index (κ3) is 3.48. The molecule has 8 heteroatoms. The van der Waals surface area contributed by atoms with Crippen molar-refractivity contribution >= 4 is 11.9 Å². The Balaban J connectivity index is 1.57. The molecule has 0 saturated carbocycles. The highest BCUT2D eigenvalue weighted by Crippen LogP contribution is 2.24. The summed E-state index contributed by atoms with van der Waals surface area (Å²) in [4.78, 5) is 26.0. The van der Waals surface area contributed by atoms with Crippen molar-refractivity contribution in [3.63, 3.8) is 0 Å². The maximum atomic E-state index is 13.3. The van der Waals surface area contributed by atoms with Crippen LogP contribution >= 0.6 is 0 Å². The molecule has 0 radical (unpaired) electrons. The van der Waals surface area contributed by atoms with Crippen molar-refractivity contribution in [1.82, 2.24) is 19.9 Å². The molecule has 1 N–H and O–H groups in total. The number of hydrogen-bond donors (Lipinski definition) is 1. The lowest BCUT2D eigenvalue weighted by molar-refractivity contribution is -0.142. The normalized spacial score (nSPS) is 15.9. The monoisotopic (exact) mass is 380 g/mol. The minimum Gasteiger partial charge on any atom is -0.480 e. The Kier molecular flexibility index (Phi) is 4.60. The molecule has 2 aromatic carbocycles. The summed E-state index contributed by atoms with van der Waals surface area (Å²) in [7, 11) is 0. The number of carboxylic acids is 1. The molecule has 0 saturated heterocycles. The molecule has 7 nitrogen and oxygen atoms in total. The standard InChI is InChI=1S/C20H17FN4O3/c21-16-7-3-4-13(8-16)10-24-12-17(22-23-24)19(26)25-11-15-6-2-1-5-14(15)9-18(25)20(27)28/h1-8,12,18H,9-11H2,(H,27,28)/t18-/m0/s1. The first-order chi connectivity index (χ1) is 13.5. The van der Waals surface area contributed by atoms with Crippen LogP contribution in [0.5, 0.6) is 0 Å². The summed E-state index contributed by atoms with van der Waals surface area (Å²) in [6.07, 6.45) is 1.70. The van der Waals surface area contributed by atoms with Crippen LogP contribution in [0.2, 0.25) is 0 Å². The van der Waals surface area contributed by atoms with Gasteiger partial charge in [0.15, 0.2) is 5.69 Å². The number of nitrogens with zero attached hydrogens (tertiary/aromatic N) is 4. The lowest BCUT2D eigenvalue weighted by atomic mass is 9.94. The summed E-state index contributed by atoms with van der Waals surface area (Å²) in [6, 6.07) is 12.6. The van der Waals surface area contributed by atoms with E-state index in [2.05, 4.69) is 10.3 Å². The van der Waals surface area contributed by atoms with Crippen molar-refractivity contribution in [2.24, 2.45) is 0 Å². The Morgan fingerprint density at radius 3 is 2.68 bits per heavy atom. The Bertz CT molecular complexity index is 1050. The van der Waals surface area contributed by atoms with Crippen LogP contribution in [-0.4, -0.2) is 42.9 Å². The first-order valence-corrected chi connectivity index (χ1v) is 8.76. The lowest BCUT2D eigenvalue weighted by Gasteiger charge is -2.33. The van der Waals surface area contributed by atoms with Crippen LogP contribution in [0.1, 0.15) is 27.2 Å². The SMILES string of the molecule is O=C(O)[C@@H]1Cc2ccccc2CN1C(=O)c1cn(Cc2cccc(F)c2)nn1. The largest absolute Gasteiger partial charge is 0.480 e. The molecule has 3 aromatic rings.